The molecule has 14 heavy (non-hydrogen) atoms. The Labute approximate surface area is 86.5 Å². The number of nitrogens with zero attached hydrogens (tertiary/aromatic N) is 1. The van der Waals surface area contributed by atoms with E-state index >= 15 is 0 Å². The first-order valence-electron chi connectivity index (χ1n) is 4.07. The lowest BCUT2D eigenvalue weighted by atomic mass is 10.3. The molecule has 1 heterocycles. The van der Waals surface area contributed by atoms with Crippen molar-refractivity contribution in [2.45, 2.75) is 6.10 Å². The van der Waals surface area contributed by atoms with Gasteiger partial charge in [0.25, 0.3) is 0 Å². The van der Waals surface area contributed by atoms with Crippen LogP contribution in [0.2, 0.25) is 5.02 Å². The molecule has 5 nitrogen and oxygen atoms in total. The summed E-state index contributed by atoms with van der Waals surface area (Å²) in [6.45, 7) is -0.118. The molecule has 5 N–H and O–H groups in total. The molecule has 0 saturated carbocycles. The van der Waals surface area contributed by atoms with Crippen LogP contribution in [0.4, 0.5) is 11.5 Å². The first kappa shape index (κ1) is 11.0. The van der Waals surface area contributed by atoms with E-state index in [9.17, 15) is 0 Å². The van der Waals surface area contributed by atoms with Crippen LogP contribution >= 0.6 is 11.6 Å². The van der Waals surface area contributed by atoms with Gasteiger partial charge in [-0.05, 0) is 6.07 Å². The number of aliphatic hydroxyl groups excluding tert-OH is 2. The Morgan fingerprint density at radius 1 is 1.64 bits per heavy atom. The highest BCUT2D eigenvalue weighted by Gasteiger charge is 2.05. The first-order valence-corrected chi connectivity index (χ1v) is 4.45. The number of halogens is 1. The maximum absolute atomic E-state index is 9.06. The van der Waals surface area contributed by atoms with E-state index in [-0.39, 0.29) is 13.2 Å². The molecule has 6 heteroatoms. The van der Waals surface area contributed by atoms with Crippen LogP contribution in [0.5, 0.6) is 0 Å². The average Bonchev–Trinajstić information content (AvgIpc) is 2.16. The normalized spacial score (nSPS) is 12.5. The highest BCUT2D eigenvalue weighted by Crippen LogP contribution is 2.20. The van der Waals surface area contributed by atoms with E-state index in [0.717, 1.165) is 0 Å². The standard InChI is InChI=1S/C8H12ClN3O2/c9-7-1-5(10)2-11-8(7)12-3-6(14)4-13/h1-2,6,13-14H,3-4,10H2,(H,11,12). The molecule has 1 atom stereocenters. The Morgan fingerprint density at radius 2 is 2.36 bits per heavy atom. The molecular formula is C8H12ClN3O2. The number of aromatic nitrogens is 1. The van der Waals surface area contributed by atoms with Gasteiger partial charge < -0.3 is 21.3 Å². The van der Waals surface area contributed by atoms with Crippen LogP contribution < -0.4 is 11.1 Å². The summed E-state index contributed by atoms with van der Waals surface area (Å²) in [7, 11) is 0. The molecule has 0 aromatic carbocycles. The molecule has 0 aliphatic heterocycles. The van der Waals surface area contributed by atoms with Crippen molar-refractivity contribution in [3.63, 3.8) is 0 Å². The quantitative estimate of drug-likeness (QED) is 0.574. The molecule has 1 rings (SSSR count). The van der Waals surface area contributed by atoms with E-state index in [1.165, 1.54) is 6.20 Å². The maximum Gasteiger partial charge on any atom is 0.145 e. The van der Waals surface area contributed by atoms with Gasteiger partial charge in [0.1, 0.15) is 5.82 Å². The van der Waals surface area contributed by atoms with Crippen LogP contribution in [0.3, 0.4) is 0 Å². The van der Waals surface area contributed by atoms with Gasteiger partial charge in [-0.3, -0.25) is 0 Å². The number of nitrogen functional groups attached to an aromatic ring is 1. The number of aliphatic hydroxyl groups is 2. The molecule has 0 bridgehead atoms. The Bertz CT molecular complexity index is 309. The summed E-state index contributed by atoms with van der Waals surface area (Å²) in [6.07, 6.45) is 0.630. The van der Waals surface area contributed by atoms with Crippen LogP contribution in [0.15, 0.2) is 12.3 Å². The van der Waals surface area contributed by atoms with Gasteiger partial charge in [0.05, 0.1) is 29.6 Å². The number of pyridine rings is 1. The minimum atomic E-state index is -0.828. The van der Waals surface area contributed by atoms with Crippen molar-refractivity contribution in [3.05, 3.63) is 17.3 Å². The Morgan fingerprint density at radius 3 is 2.93 bits per heavy atom. The lowest BCUT2D eigenvalue weighted by molar-refractivity contribution is 0.105. The molecule has 0 fully saturated rings. The van der Waals surface area contributed by atoms with E-state index in [1.807, 2.05) is 0 Å². The van der Waals surface area contributed by atoms with Gasteiger partial charge in [-0.2, -0.15) is 0 Å². The molecule has 1 aromatic heterocycles. The van der Waals surface area contributed by atoms with Crippen LogP contribution in [0.25, 0.3) is 0 Å². The van der Waals surface area contributed by atoms with E-state index in [0.29, 0.717) is 16.5 Å². The summed E-state index contributed by atoms with van der Waals surface area (Å²) in [6, 6.07) is 1.56. The Kier molecular flexibility index (Phi) is 3.94. The summed E-state index contributed by atoms with van der Waals surface area (Å²) in [5.41, 5.74) is 5.92. The van der Waals surface area contributed by atoms with Gasteiger partial charge in [0.15, 0.2) is 0 Å². The van der Waals surface area contributed by atoms with Crippen molar-refractivity contribution in [2.75, 3.05) is 24.2 Å². The number of anilines is 2. The van der Waals surface area contributed by atoms with Crippen LogP contribution in [0, 0.1) is 0 Å². The number of hydrogen-bond donors (Lipinski definition) is 4. The molecule has 1 unspecified atom stereocenters. The van der Waals surface area contributed by atoms with Crippen molar-refractivity contribution < 1.29 is 10.2 Å². The minimum absolute atomic E-state index is 0.188. The zero-order valence-corrected chi connectivity index (χ0v) is 8.20. The highest BCUT2D eigenvalue weighted by molar-refractivity contribution is 6.33. The molecule has 0 amide bonds. The van der Waals surface area contributed by atoms with Crippen molar-refractivity contribution in [3.8, 4) is 0 Å². The van der Waals surface area contributed by atoms with Gasteiger partial charge in [-0.25, -0.2) is 4.98 Å². The largest absolute Gasteiger partial charge is 0.397 e. The molecule has 0 aliphatic rings. The second-order valence-electron chi connectivity index (χ2n) is 2.82. The number of rotatable bonds is 4. The van der Waals surface area contributed by atoms with Crippen molar-refractivity contribution in [1.29, 1.82) is 0 Å². The second kappa shape index (κ2) is 4.99. The van der Waals surface area contributed by atoms with E-state index in [1.54, 1.807) is 6.07 Å². The third kappa shape index (κ3) is 3.02. The predicted molar refractivity (Wildman–Crippen MR) is 55.2 cm³/mol. The Hall–Kier alpha value is -1.04. The number of hydrogen-bond acceptors (Lipinski definition) is 5. The van der Waals surface area contributed by atoms with Crippen LogP contribution in [-0.4, -0.2) is 34.5 Å². The van der Waals surface area contributed by atoms with Gasteiger partial charge in [-0.1, -0.05) is 11.6 Å². The lowest BCUT2D eigenvalue weighted by Crippen LogP contribution is -2.23. The maximum atomic E-state index is 9.06. The second-order valence-corrected chi connectivity index (χ2v) is 3.22. The van der Waals surface area contributed by atoms with Gasteiger partial charge in [0.2, 0.25) is 0 Å². The fourth-order valence-corrected chi connectivity index (χ4v) is 1.10. The molecule has 0 aliphatic carbocycles. The monoisotopic (exact) mass is 217 g/mol. The van der Waals surface area contributed by atoms with Crippen molar-refractivity contribution in [2.24, 2.45) is 0 Å². The van der Waals surface area contributed by atoms with Crippen LogP contribution in [-0.2, 0) is 0 Å². The first-order chi connectivity index (χ1) is 6.63. The third-order valence-electron chi connectivity index (χ3n) is 1.58. The number of nitrogens with two attached hydrogens (primary N) is 1. The fraction of sp³-hybridized carbons (Fsp3) is 0.375. The summed E-state index contributed by atoms with van der Waals surface area (Å²) < 4.78 is 0. The topological polar surface area (TPSA) is 91.4 Å². The predicted octanol–water partition coefficient (Wildman–Crippen LogP) is 0.0823. The highest BCUT2D eigenvalue weighted by atomic mass is 35.5. The van der Waals surface area contributed by atoms with Crippen molar-refractivity contribution >= 4 is 23.1 Å². The minimum Gasteiger partial charge on any atom is -0.397 e. The summed E-state index contributed by atoms with van der Waals surface area (Å²) in [5.74, 6) is 0.438. The smallest absolute Gasteiger partial charge is 0.145 e. The van der Waals surface area contributed by atoms with Crippen LogP contribution in [0.1, 0.15) is 0 Å². The van der Waals surface area contributed by atoms with E-state index < -0.39 is 6.10 Å². The summed E-state index contributed by atoms with van der Waals surface area (Å²) in [5, 5.41) is 20.8. The van der Waals surface area contributed by atoms with Gasteiger partial charge in [0, 0.05) is 6.54 Å². The van der Waals surface area contributed by atoms with Gasteiger partial charge in [-0.15, -0.1) is 0 Å². The van der Waals surface area contributed by atoms with E-state index in [4.69, 9.17) is 27.5 Å². The fourth-order valence-electron chi connectivity index (χ4n) is 0.862. The lowest BCUT2D eigenvalue weighted by Gasteiger charge is -2.10. The zero-order valence-electron chi connectivity index (χ0n) is 7.44. The molecule has 78 valence electrons. The molecule has 0 spiro atoms. The zero-order chi connectivity index (χ0) is 10.6. The van der Waals surface area contributed by atoms with E-state index in [2.05, 4.69) is 10.3 Å². The van der Waals surface area contributed by atoms with Gasteiger partial charge >= 0.3 is 0 Å². The molecule has 0 saturated heterocycles. The SMILES string of the molecule is Nc1cnc(NCC(O)CO)c(Cl)c1. The molecular weight excluding hydrogens is 206 g/mol. The molecule has 1 aromatic rings. The summed E-state index contributed by atoms with van der Waals surface area (Å²) >= 11 is 5.81. The summed E-state index contributed by atoms with van der Waals surface area (Å²) in [4.78, 5) is 3.92. The third-order valence-corrected chi connectivity index (χ3v) is 1.87. The average molecular weight is 218 g/mol. The molecule has 0 radical (unpaired) electrons. The Balaban J connectivity index is 2.59. The number of nitrogens with one attached hydrogen (secondary N) is 1. The van der Waals surface area contributed by atoms with Crippen molar-refractivity contribution in [1.82, 2.24) is 4.98 Å².